The number of aryl methyl sites for hydroxylation is 1. The Bertz CT molecular complexity index is 871. The van der Waals surface area contributed by atoms with Crippen molar-refractivity contribution in [2.45, 2.75) is 11.8 Å². The maximum atomic E-state index is 13.4. The highest BCUT2D eigenvalue weighted by molar-refractivity contribution is 7.89. The van der Waals surface area contributed by atoms with Gasteiger partial charge in [-0.2, -0.15) is 0 Å². The van der Waals surface area contributed by atoms with Gasteiger partial charge in [0, 0.05) is 0 Å². The third kappa shape index (κ3) is 4.91. The Balaban J connectivity index is 1.99. The van der Waals surface area contributed by atoms with Gasteiger partial charge in [-0.25, -0.2) is 12.8 Å². The first-order valence-corrected chi connectivity index (χ1v) is 8.64. The van der Waals surface area contributed by atoms with Crippen LogP contribution in [-0.4, -0.2) is 28.0 Å². The molecule has 0 saturated heterocycles. The van der Waals surface area contributed by atoms with Crippen molar-refractivity contribution in [3.05, 3.63) is 53.8 Å². The molecule has 0 aromatic heterocycles. The van der Waals surface area contributed by atoms with Crippen LogP contribution in [0.1, 0.15) is 5.56 Å². The molecule has 0 aliphatic heterocycles. The number of carbonyl (C=O) groups is 1. The van der Waals surface area contributed by atoms with Crippen molar-refractivity contribution in [2.75, 3.05) is 13.7 Å². The van der Waals surface area contributed by atoms with Gasteiger partial charge >= 0.3 is 0 Å². The molecule has 2 aromatic rings. The Kier molecular flexibility index (Phi) is 5.94. The van der Waals surface area contributed by atoms with E-state index in [2.05, 4.69) is 0 Å². The van der Waals surface area contributed by atoms with Crippen molar-refractivity contribution in [1.82, 2.24) is 10.3 Å². The van der Waals surface area contributed by atoms with Gasteiger partial charge in [-0.3, -0.25) is 10.2 Å². The lowest BCUT2D eigenvalue weighted by Gasteiger charge is -2.12. The summed E-state index contributed by atoms with van der Waals surface area (Å²) in [5, 5.41) is 0. The molecule has 0 unspecified atom stereocenters. The van der Waals surface area contributed by atoms with E-state index in [0.717, 1.165) is 0 Å². The average Bonchev–Trinajstić information content (AvgIpc) is 2.59. The number of para-hydroxylation sites is 1. The lowest BCUT2D eigenvalue weighted by molar-refractivity contribution is -0.123. The summed E-state index contributed by atoms with van der Waals surface area (Å²) in [5.41, 5.74) is 2.71. The first-order valence-electron chi connectivity index (χ1n) is 7.16. The second-order valence-corrected chi connectivity index (χ2v) is 6.68. The summed E-state index contributed by atoms with van der Waals surface area (Å²) in [6.07, 6.45) is 0. The molecule has 7 nitrogen and oxygen atoms in total. The Morgan fingerprint density at radius 1 is 1.16 bits per heavy atom. The summed E-state index contributed by atoms with van der Waals surface area (Å²) in [7, 11) is -2.71. The normalized spacial score (nSPS) is 11.0. The van der Waals surface area contributed by atoms with Crippen LogP contribution in [0.4, 0.5) is 4.39 Å². The highest BCUT2D eigenvalue weighted by Crippen LogP contribution is 2.24. The van der Waals surface area contributed by atoms with E-state index in [1.807, 2.05) is 10.3 Å². The molecule has 0 aliphatic carbocycles. The van der Waals surface area contributed by atoms with Crippen molar-refractivity contribution in [2.24, 2.45) is 0 Å². The number of rotatable bonds is 7. The number of hydrogen-bond donors (Lipinski definition) is 2. The fourth-order valence-electron chi connectivity index (χ4n) is 1.91. The number of halogens is 1. The van der Waals surface area contributed by atoms with Gasteiger partial charge < -0.3 is 9.47 Å². The molecule has 2 aromatic carbocycles. The molecular weight excluding hydrogens is 351 g/mol. The Morgan fingerprint density at radius 2 is 1.88 bits per heavy atom. The second-order valence-electron chi connectivity index (χ2n) is 5.03. The van der Waals surface area contributed by atoms with Crippen molar-refractivity contribution in [3.63, 3.8) is 0 Å². The van der Waals surface area contributed by atoms with E-state index in [4.69, 9.17) is 9.47 Å². The quantitative estimate of drug-likeness (QED) is 0.723. The van der Waals surface area contributed by atoms with Gasteiger partial charge in [0.15, 0.2) is 18.2 Å². The summed E-state index contributed by atoms with van der Waals surface area (Å²) >= 11 is 0. The van der Waals surface area contributed by atoms with Crippen LogP contribution in [0, 0.1) is 12.7 Å². The highest BCUT2D eigenvalue weighted by Gasteiger charge is 2.20. The van der Waals surface area contributed by atoms with Crippen LogP contribution in [0.25, 0.3) is 0 Å². The van der Waals surface area contributed by atoms with Gasteiger partial charge in [0.1, 0.15) is 10.6 Å². The third-order valence-corrected chi connectivity index (χ3v) is 4.40. The molecule has 0 spiro atoms. The molecule has 134 valence electrons. The molecule has 0 atom stereocenters. The van der Waals surface area contributed by atoms with Crippen LogP contribution in [-0.2, 0) is 14.8 Å². The first kappa shape index (κ1) is 18.7. The predicted octanol–water partition coefficient (Wildman–Crippen LogP) is 1.53. The Labute approximate surface area is 144 Å². The molecule has 0 bridgehead atoms. The maximum absolute atomic E-state index is 13.4. The van der Waals surface area contributed by atoms with E-state index in [1.54, 1.807) is 19.1 Å². The zero-order chi connectivity index (χ0) is 18.4. The van der Waals surface area contributed by atoms with Gasteiger partial charge in [0.25, 0.3) is 15.9 Å². The Hall–Kier alpha value is -2.65. The first-order chi connectivity index (χ1) is 11.8. The smallest absolute Gasteiger partial charge is 0.272 e. The summed E-state index contributed by atoms with van der Waals surface area (Å²) in [5.74, 6) is -1.39. The molecule has 1 amide bonds. The fourth-order valence-corrected chi connectivity index (χ4v) is 3.03. The number of sulfonamides is 1. The van der Waals surface area contributed by atoms with Gasteiger partial charge in [-0.1, -0.05) is 18.2 Å². The van der Waals surface area contributed by atoms with E-state index >= 15 is 0 Å². The molecule has 0 fully saturated rings. The molecule has 0 saturated carbocycles. The molecule has 0 aliphatic rings. The Morgan fingerprint density at radius 3 is 2.56 bits per heavy atom. The number of nitrogens with one attached hydrogen (secondary N) is 2. The van der Waals surface area contributed by atoms with E-state index in [0.29, 0.717) is 5.56 Å². The van der Waals surface area contributed by atoms with E-state index < -0.39 is 28.4 Å². The molecule has 2 rings (SSSR count). The van der Waals surface area contributed by atoms with E-state index in [1.165, 1.54) is 37.4 Å². The maximum Gasteiger partial charge on any atom is 0.272 e. The zero-order valence-electron chi connectivity index (χ0n) is 13.6. The van der Waals surface area contributed by atoms with Crippen LogP contribution in [0.3, 0.4) is 0 Å². The molecular formula is C16H17FN2O5S. The number of benzene rings is 2. The SMILES string of the molecule is COc1ccc(C)cc1S(=O)(=O)NNC(=O)COc1ccccc1F. The van der Waals surface area contributed by atoms with E-state index in [-0.39, 0.29) is 16.4 Å². The van der Waals surface area contributed by atoms with Gasteiger partial charge in [-0.05, 0) is 36.8 Å². The van der Waals surface area contributed by atoms with Crippen LogP contribution in [0.5, 0.6) is 11.5 Å². The standard InChI is InChI=1S/C16H17FN2O5S/c1-11-7-8-14(23-2)15(9-11)25(21,22)19-18-16(20)10-24-13-6-4-3-5-12(13)17/h3-9,19H,10H2,1-2H3,(H,18,20). The zero-order valence-corrected chi connectivity index (χ0v) is 14.4. The van der Waals surface area contributed by atoms with Crippen molar-refractivity contribution in [3.8, 4) is 11.5 Å². The summed E-state index contributed by atoms with van der Waals surface area (Å²) in [6.45, 7) is 1.16. The molecule has 2 N–H and O–H groups in total. The minimum atomic E-state index is -4.05. The topological polar surface area (TPSA) is 93.7 Å². The average molecular weight is 368 g/mol. The van der Waals surface area contributed by atoms with Crippen LogP contribution in [0.2, 0.25) is 0 Å². The highest BCUT2D eigenvalue weighted by atomic mass is 32.2. The van der Waals surface area contributed by atoms with Gasteiger partial charge in [0.2, 0.25) is 0 Å². The van der Waals surface area contributed by atoms with Crippen molar-refractivity contribution >= 4 is 15.9 Å². The lowest BCUT2D eigenvalue weighted by Crippen LogP contribution is -2.43. The number of hydrogen-bond acceptors (Lipinski definition) is 5. The van der Waals surface area contributed by atoms with Gasteiger partial charge in [0.05, 0.1) is 7.11 Å². The van der Waals surface area contributed by atoms with E-state index in [9.17, 15) is 17.6 Å². The minimum absolute atomic E-state index is 0.110. The van der Waals surface area contributed by atoms with Crippen molar-refractivity contribution < 1.29 is 27.1 Å². The summed E-state index contributed by atoms with van der Waals surface area (Å²) < 4.78 is 48.0. The minimum Gasteiger partial charge on any atom is -0.495 e. The monoisotopic (exact) mass is 368 g/mol. The molecule has 25 heavy (non-hydrogen) atoms. The van der Waals surface area contributed by atoms with Crippen molar-refractivity contribution in [1.29, 1.82) is 0 Å². The molecule has 0 radical (unpaired) electrons. The van der Waals surface area contributed by atoms with Crippen LogP contribution < -0.4 is 19.7 Å². The predicted molar refractivity (Wildman–Crippen MR) is 88.1 cm³/mol. The summed E-state index contributed by atoms with van der Waals surface area (Å²) in [4.78, 5) is 13.5. The van der Waals surface area contributed by atoms with Crippen LogP contribution in [0.15, 0.2) is 47.4 Å². The number of methoxy groups -OCH3 is 1. The molecule has 9 heteroatoms. The largest absolute Gasteiger partial charge is 0.495 e. The van der Waals surface area contributed by atoms with Crippen LogP contribution >= 0.6 is 0 Å². The second kappa shape index (κ2) is 7.95. The fraction of sp³-hybridized carbons (Fsp3) is 0.188. The number of hydrazine groups is 1. The third-order valence-electron chi connectivity index (χ3n) is 3.13. The number of amides is 1. The summed E-state index contributed by atoms with van der Waals surface area (Å²) in [6, 6.07) is 10.2. The number of ether oxygens (including phenoxy) is 2. The molecule has 0 heterocycles. The number of carbonyl (C=O) groups excluding carboxylic acids is 1. The lowest BCUT2D eigenvalue weighted by atomic mass is 10.2. The van der Waals surface area contributed by atoms with Gasteiger partial charge in [-0.15, -0.1) is 4.83 Å².